The highest BCUT2D eigenvalue weighted by Gasteiger charge is 2.34. The third-order valence-electron chi connectivity index (χ3n) is 1.64. The van der Waals surface area contributed by atoms with Gasteiger partial charge < -0.3 is 14.2 Å². The molecule has 0 unspecified atom stereocenters. The molecule has 0 aromatic heterocycles. The fraction of sp³-hybridized carbons (Fsp3) is 0.818. The van der Waals surface area contributed by atoms with Crippen molar-refractivity contribution >= 4 is 12.1 Å². The van der Waals surface area contributed by atoms with Gasteiger partial charge in [0.15, 0.2) is 0 Å². The second-order valence-electron chi connectivity index (χ2n) is 4.29. The molecule has 0 heterocycles. The van der Waals surface area contributed by atoms with Crippen LogP contribution in [0.4, 0.5) is 4.79 Å². The number of carbonyl (C=O) groups is 2. The van der Waals surface area contributed by atoms with Crippen molar-refractivity contribution in [3.05, 3.63) is 0 Å². The summed E-state index contributed by atoms with van der Waals surface area (Å²) in [6, 6.07) is 0. The van der Waals surface area contributed by atoms with Crippen molar-refractivity contribution in [2.24, 2.45) is 5.92 Å². The second kappa shape index (κ2) is 6.35. The molecule has 5 heteroatoms. The van der Waals surface area contributed by atoms with E-state index >= 15 is 0 Å². The predicted molar refractivity (Wildman–Crippen MR) is 58.0 cm³/mol. The molecular formula is C11H20O5. The molecule has 0 rings (SSSR count). The zero-order chi connectivity index (χ0) is 12.8. The molecule has 0 fully saturated rings. The van der Waals surface area contributed by atoms with E-state index in [0.29, 0.717) is 6.61 Å². The van der Waals surface area contributed by atoms with Crippen LogP contribution < -0.4 is 0 Å². The van der Waals surface area contributed by atoms with Gasteiger partial charge in [-0.1, -0.05) is 13.8 Å². The Morgan fingerprint density at radius 1 is 1.19 bits per heavy atom. The molecule has 0 aromatic rings. The van der Waals surface area contributed by atoms with E-state index in [2.05, 4.69) is 4.74 Å². The summed E-state index contributed by atoms with van der Waals surface area (Å²) in [7, 11) is 0. The van der Waals surface area contributed by atoms with Crippen molar-refractivity contribution in [2.75, 3.05) is 13.2 Å². The summed E-state index contributed by atoms with van der Waals surface area (Å²) in [5.74, 6) is -0.336. The van der Waals surface area contributed by atoms with Crippen LogP contribution in [0.25, 0.3) is 0 Å². The van der Waals surface area contributed by atoms with Crippen LogP contribution in [0, 0.1) is 5.92 Å². The lowest BCUT2D eigenvalue weighted by molar-refractivity contribution is -0.165. The summed E-state index contributed by atoms with van der Waals surface area (Å²) in [4.78, 5) is 22.6. The lowest BCUT2D eigenvalue weighted by Crippen LogP contribution is -2.39. The summed E-state index contributed by atoms with van der Waals surface area (Å²) in [6.07, 6.45) is -0.867. The van der Waals surface area contributed by atoms with Crippen molar-refractivity contribution in [1.82, 2.24) is 0 Å². The number of rotatable bonds is 5. The van der Waals surface area contributed by atoms with Crippen molar-refractivity contribution in [2.45, 2.75) is 40.2 Å². The number of carbonyl (C=O) groups excluding carboxylic acids is 2. The number of ether oxygens (including phenoxy) is 3. The average Bonchev–Trinajstić information content (AvgIpc) is 2.13. The molecule has 0 radical (unpaired) electrons. The molecule has 0 N–H and O–H groups in total. The molecule has 0 saturated carbocycles. The summed E-state index contributed by atoms with van der Waals surface area (Å²) < 4.78 is 14.4. The molecule has 0 aliphatic carbocycles. The van der Waals surface area contributed by atoms with Gasteiger partial charge in [0.05, 0.1) is 13.2 Å². The van der Waals surface area contributed by atoms with Crippen LogP contribution in [0.5, 0.6) is 0 Å². The summed E-state index contributed by atoms with van der Waals surface area (Å²) in [5, 5.41) is 0. The first-order valence-electron chi connectivity index (χ1n) is 5.32. The minimum absolute atomic E-state index is 0.204. The van der Waals surface area contributed by atoms with Gasteiger partial charge in [0.25, 0.3) is 0 Å². The maximum Gasteiger partial charge on any atom is 0.509 e. The van der Waals surface area contributed by atoms with E-state index in [9.17, 15) is 9.59 Å². The number of esters is 1. The van der Waals surface area contributed by atoms with Gasteiger partial charge in [0.1, 0.15) is 0 Å². The van der Waals surface area contributed by atoms with Crippen LogP contribution in [-0.2, 0) is 19.0 Å². The summed E-state index contributed by atoms with van der Waals surface area (Å²) in [5.41, 5.74) is -1.32. The zero-order valence-electron chi connectivity index (χ0n) is 10.5. The Kier molecular flexibility index (Phi) is 5.85. The van der Waals surface area contributed by atoms with E-state index < -0.39 is 17.7 Å². The molecule has 0 spiro atoms. The van der Waals surface area contributed by atoms with Gasteiger partial charge in [-0.25, -0.2) is 9.59 Å². The van der Waals surface area contributed by atoms with Crippen LogP contribution in [0.3, 0.4) is 0 Å². The largest absolute Gasteiger partial charge is 0.509 e. The van der Waals surface area contributed by atoms with Gasteiger partial charge in [-0.15, -0.1) is 0 Å². The Labute approximate surface area is 96.1 Å². The molecule has 0 atom stereocenters. The van der Waals surface area contributed by atoms with Gasteiger partial charge in [-0.2, -0.15) is 0 Å². The van der Waals surface area contributed by atoms with Crippen LogP contribution in [-0.4, -0.2) is 30.9 Å². The summed E-state index contributed by atoms with van der Waals surface area (Å²) in [6.45, 7) is 8.94. The Balaban J connectivity index is 4.19. The van der Waals surface area contributed by atoms with Gasteiger partial charge in [0, 0.05) is 0 Å². The minimum Gasteiger partial charge on any atom is -0.462 e. The van der Waals surface area contributed by atoms with E-state index in [1.54, 1.807) is 6.92 Å². The van der Waals surface area contributed by atoms with Gasteiger partial charge in [-0.3, -0.25) is 0 Å². The molecule has 0 amide bonds. The maximum atomic E-state index is 11.6. The Hall–Kier alpha value is -1.26. The molecule has 0 aliphatic rings. The van der Waals surface area contributed by atoms with Gasteiger partial charge >= 0.3 is 12.1 Å². The summed E-state index contributed by atoms with van der Waals surface area (Å²) >= 11 is 0. The predicted octanol–water partition coefficient (Wildman–Crippen LogP) is 2.14. The van der Waals surface area contributed by atoms with E-state index in [1.807, 2.05) is 13.8 Å². The molecule has 0 aliphatic heterocycles. The number of hydrogen-bond acceptors (Lipinski definition) is 5. The highest BCUT2D eigenvalue weighted by molar-refractivity contribution is 5.81. The lowest BCUT2D eigenvalue weighted by Gasteiger charge is -2.22. The lowest BCUT2D eigenvalue weighted by atomic mass is 10.1. The fourth-order valence-electron chi connectivity index (χ4n) is 0.813. The maximum absolute atomic E-state index is 11.6. The third kappa shape index (κ3) is 5.58. The molecule has 16 heavy (non-hydrogen) atoms. The molecule has 0 aromatic carbocycles. The second-order valence-corrected chi connectivity index (χ2v) is 4.29. The fourth-order valence-corrected chi connectivity index (χ4v) is 0.813. The topological polar surface area (TPSA) is 61.8 Å². The van der Waals surface area contributed by atoms with Crippen molar-refractivity contribution < 1.29 is 23.8 Å². The normalized spacial score (nSPS) is 11.1. The highest BCUT2D eigenvalue weighted by atomic mass is 16.7. The molecule has 94 valence electrons. The van der Waals surface area contributed by atoms with E-state index in [1.165, 1.54) is 13.8 Å². The molecular weight excluding hydrogens is 212 g/mol. The molecule has 5 nitrogen and oxygen atoms in total. The van der Waals surface area contributed by atoms with Crippen molar-refractivity contribution in [3.63, 3.8) is 0 Å². The third-order valence-corrected chi connectivity index (χ3v) is 1.64. The van der Waals surface area contributed by atoms with Crippen LogP contribution in [0.2, 0.25) is 0 Å². The monoisotopic (exact) mass is 232 g/mol. The van der Waals surface area contributed by atoms with Crippen LogP contribution >= 0.6 is 0 Å². The number of hydrogen-bond donors (Lipinski definition) is 0. The molecule has 0 bridgehead atoms. The van der Waals surface area contributed by atoms with Crippen LogP contribution in [0.1, 0.15) is 34.6 Å². The van der Waals surface area contributed by atoms with Crippen molar-refractivity contribution in [3.8, 4) is 0 Å². The van der Waals surface area contributed by atoms with Gasteiger partial charge in [0.2, 0.25) is 5.60 Å². The average molecular weight is 232 g/mol. The first kappa shape index (κ1) is 14.7. The smallest absolute Gasteiger partial charge is 0.462 e. The van der Waals surface area contributed by atoms with E-state index in [-0.39, 0.29) is 12.5 Å². The Bertz CT molecular complexity index is 245. The van der Waals surface area contributed by atoms with Gasteiger partial charge in [-0.05, 0) is 26.7 Å². The highest BCUT2D eigenvalue weighted by Crippen LogP contribution is 2.13. The first-order chi connectivity index (χ1) is 7.29. The van der Waals surface area contributed by atoms with Crippen LogP contribution in [0.15, 0.2) is 0 Å². The van der Waals surface area contributed by atoms with E-state index in [0.717, 1.165) is 0 Å². The van der Waals surface area contributed by atoms with Crippen molar-refractivity contribution in [1.29, 1.82) is 0 Å². The Morgan fingerprint density at radius 3 is 2.19 bits per heavy atom. The minimum atomic E-state index is -1.32. The Morgan fingerprint density at radius 2 is 1.75 bits per heavy atom. The molecule has 0 saturated heterocycles. The van der Waals surface area contributed by atoms with E-state index in [4.69, 9.17) is 9.47 Å². The zero-order valence-corrected chi connectivity index (χ0v) is 10.5. The quantitative estimate of drug-likeness (QED) is 0.679. The standard InChI is InChI=1S/C11H20O5/c1-6-14-10(13)16-11(4,5)9(12)15-7-8(2)3/h8H,6-7H2,1-5H3. The first-order valence-corrected chi connectivity index (χ1v) is 5.32. The SMILES string of the molecule is CCOC(=O)OC(C)(C)C(=O)OCC(C)C.